The molecule has 0 fully saturated rings. The number of pyridine rings is 1. The van der Waals surface area contributed by atoms with E-state index in [2.05, 4.69) is 4.98 Å². The van der Waals surface area contributed by atoms with Gasteiger partial charge in [0.05, 0.1) is 0 Å². The number of aromatic hydroxyl groups is 1. The molecule has 0 aromatic carbocycles. The molecule has 0 saturated carbocycles. The van der Waals surface area contributed by atoms with E-state index in [9.17, 15) is 0 Å². The van der Waals surface area contributed by atoms with Crippen LogP contribution in [0.5, 0.6) is 5.75 Å². The molecule has 1 N–H and O–H groups in total. The Morgan fingerprint density at radius 2 is 1.36 bits per heavy atom. The van der Waals surface area contributed by atoms with Gasteiger partial charge in [-0.3, -0.25) is 4.98 Å². The Kier molecular flexibility index (Phi) is 27.0. The van der Waals surface area contributed by atoms with E-state index >= 15 is 0 Å². The van der Waals surface area contributed by atoms with Gasteiger partial charge in [0.2, 0.25) is 0 Å². The summed E-state index contributed by atoms with van der Waals surface area (Å²) < 4.78 is 0. The van der Waals surface area contributed by atoms with Crippen LogP contribution in [-0.4, -0.2) is 10.1 Å². The number of halogens is 3. The summed E-state index contributed by atoms with van der Waals surface area (Å²) in [7, 11) is 0. The van der Waals surface area contributed by atoms with Crippen LogP contribution in [0.15, 0.2) is 24.5 Å². The van der Waals surface area contributed by atoms with Crippen molar-refractivity contribution < 1.29 is 64.0 Å². The molecule has 0 aliphatic carbocycles. The molecular weight excluding hydrogens is 244 g/mol. The van der Waals surface area contributed by atoms with Crippen molar-refractivity contribution in [2.45, 2.75) is 0 Å². The van der Waals surface area contributed by atoms with Crippen molar-refractivity contribution in [3.05, 3.63) is 24.5 Å². The Morgan fingerprint density at radius 1 is 1.00 bits per heavy atom. The van der Waals surface area contributed by atoms with E-state index in [0.717, 1.165) is 0 Å². The van der Waals surface area contributed by atoms with Crippen molar-refractivity contribution in [2.24, 2.45) is 0 Å². The Balaban J connectivity index is -0.0000000612. The number of aromatic nitrogens is 1. The minimum atomic E-state index is 0. The standard InChI is InChI=1S/C5H5NO.3ClH.Ti/c7-5-1-3-6-4-2-5;;;;/h1-4H,(H,6,7);3*1H;/q;;;;+3/p-3. The van der Waals surface area contributed by atoms with Gasteiger partial charge in [0.15, 0.2) is 0 Å². The van der Waals surface area contributed by atoms with Crippen LogP contribution in [0.4, 0.5) is 0 Å². The van der Waals surface area contributed by atoms with Gasteiger partial charge in [0.1, 0.15) is 5.75 Å². The predicted molar refractivity (Wildman–Crippen MR) is 25.9 cm³/mol. The van der Waals surface area contributed by atoms with Gasteiger partial charge in [-0.15, -0.1) is 0 Å². The van der Waals surface area contributed by atoms with Crippen molar-refractivity contribution in [3.8, 4) is 5.75 Å². The van der Waals surface area contributed by atoms with Crippen LogP contribution in [0, 0.1) is 0 Å². The molecular formula is C5H5Cl3NOTi. The fourth-order valence-electron chi connectivity index (χ4n) is 0.344. The molecule has 0 saturated heterocycles. The van der Waals surface area contributed by atoms with Gasteiger partial charge in [-0.2, -0.15) is 0 Å². The summed E-state index contributed by atoms with van der Waals surface area (Å²) in [6.45, 7) is 0. The first kappa shape index (κ1) is 22.5. The Labute approximate surface area is 98.9 Å². The van der Waals surface area contributed by atoms with Gasteiger partial charge in [-0.25, -0.2) is 0 Å². The normalized spacial score (nSPS) is 5.45. The predicted octanol–water partition coefficient (Wildman–Crippen LogP) is -8.20. The monoisotopic (exact) mass is 248 g/mol. The van der Waals surface area contributed by atoms with Crippen LogP contribution in [0.3, 0.4) is 0 Å². The molecule has 0 atom stereocenters. The maximum atomic E-state index is 8.59. The van der Waals surface area contributed by atoms with Crippen LogP contribution in [0.1, 0.15) is 0 Å². The topological polar surface area (TPSA) is 33.1 Å². The van der Waals surface area contributed by atoms with Crippen LogP contribution >= 0.6 is 0 Å². The van der Waals surface area contributed by atoms with E-state index in [1.165, 1.54) is 24.5 Å². The minimum absolute atomic E-state index is 0. The zero-order valence-corrected chi connectivity index (χ0v) is 9.17. The van der Waals surface area contributed by atoms with Crippen molar-refractivity contribution in [2.75, 3.05) is 0 Å². The summed E-state index contributed by atoms with van der Waals surface area (Å²) in [5.41, 5.74) is 0. The van der Waals surface area contributed by atoms with E-state index in [-0.39, 0.29) is 64.7 Å². The first-order valence-electron chi connectivity index (χ1n) is 1.98. The zero-order valence-electron chi connectivity index (χ0n) is 5.34. The summed E-state index contributed by atoms with van der Waals surface area (Å²) in [6.07, 6.45) is 3.07. The maximum absolute atomic E-state index is 8.59. The molecule has 0 amide bonds. The SMILES string of the molecule is Oc1ccncc1.[Cl-].[Cl-].[Cl-].[Ti+3]. The minimum Gasteiger partial charge on any atom is -1.00 e. The second kappa shape index (κ2) is 13.1. The summed E-state index contributed by atoms with van der Waals surface area (Å²) in [6, 6.07) is 3.06. The second-order valence-electron chi connectivity index (χ2n) is 1.21. The first-order valence-corrected chi connectivity index (χ1v) is 1.98. The first-order chi connectivity index (χ1) is 3.39. The molecule has 0 aliphatic heterocycles. The van der Waals surface area contributed by atoms with Crippen molar-refractivity contribution in [3.63, 3.8) is 0 Å². The van der Waals surface area contributed by atoms with Crippen molar-refractivity contribution in [1.82, 2.24) is 4.98 Å². The summed E-state index contributed by atoms with van der Waals surface area (Å²) >= 11 is 0. The van der Waals surface area contributed by atoms with E-state index in [4.69, 9.17) is 5.11 Å². The zero-order chi connectivity index (χ0) is 5.11. The Bertz CT molecular complexity index is 152. The van der Waals surface area contributed by atoms with Gasteiger partial charge < -0.3 is 42.3 Å². The second-order valence-corrected chi connectivity index (χ2v) is 1.21. The quantitative estimate of drug-likeness (QED) is 0.463. The molecule has 0 aliphatic rings. The Morgan fingerprint density at radius 3 is 1.55 bits per heavy atom. The molecule has 0 unspecified atom stereocenters. The fraction of sp³-hybridized carbons (Fsp3) is 0. The largest absolute Gasteiger partial charge is 3.00 e. The van der Waals surface area contributed by atoms with Crippen molar-refractivity contribution in [1.29, 1.82) is 0 Å². The van der Waals surface area contributed by atoms with Crippen LogP contribution in [0.2, 0.25) is 0 Å². The molecule has 2 nitrogen and oxygen atoms in total. The third kappa shape index (κ3) is 10.5. The maximum Gasteiger partial charge on any atom is 3.00 e. The smallest absolute Gasteiger partial charge is 1.00 e. The third-order valence-electron chi connectivity index (χ3n) is 0.663. The van der Waals surface area contributed by atoms with E-state index in [1.54, 1.807) is 0 Å². The molecule has 1 aromatic heterocycles. The summed E-state index contributed by atoms with van der Waals surface area (Å²) in [5.74, 6) is 0.259. The number of nitrogens with zero attached hydrogens (tertiary/aromatic N) is 1. The number of rotatable bonds is 0. The van der Waals surface area contributed by atoms with Crippen LogP contribution < -0.4 is 37.2 Å². The van der Waals surface area contributed by atoms with Gasteiger partial charge in [-0.1, -0.05) is 0 Å². The molecule has 1 radical (unpaired) electrons. The molecule has 1 rings (SSSR count). The van der Waals surface area contributed by atoms with Gasteiger partial charge >= 0.3 is 21.7 Å². The molecule has 1 heterocycles. The summed E-state index contributed by atoms with van der Waals surface area (Å²) in [4.78, 5) is 3.69. The van der Waals surface area contributed by atoms with Gasteiger partial charge in [-0.05, 0) is 12.1 Å². The molecule has 0 spiro atoms. The van der Waals surface area contributed by atoms with E-state index in [0.29, 0.717) is 0 Å². The van der Waals surface area contributed by atoms with E-state index < -0.39 is 0 Å². The van der Waals surface area contributed by atoms with Crippen LogP contribution in [-0.2, 0) is 21.7 Å². The third-order valence-corrected chi connectivity index (χ3v) is 0.663. The summed E-state index contributed by atoms with van der Waals surface area (Å²) in [5, 5.41) is 8.59. The van der Waals surface area contributed by atoms with Crippen molar-refractivity contribution >= 4 is 0 Å². The average Bonchev–Trinajstić information content (AvgIpc) is 1.69. The van der Waals surface area contributed by atoms with Gasteiger partial charge in [0, 0.05) is 12.4 Å². The van der Waals surface area contributed by atoms with Gasteiger partial charge in [0.25, 0.3) is 0 Å². The molecule has 11 heavy (non-hydrogen) atoms. The Hall–Kier alpha value is 0.534. The number of hydrogen-bond donors (Lipinski definition) is 1. The van der Waals surface area contributed by atoms with E-state index in [1.807, 2.05) is 0 Å². The number of hydrogen-bond acceptors (Lipinski definition) is 2. The molecule has 0 bridgehead atoms. The molecule has 61 valence electrons. The molecule has 1 aromatic rings. The van der Waals surface area contributed by atoms with Crippen LogP contribution in [0.25, 0.3) is 0 Å². The average molecular weight is 249 g/mol. The fourth-order valence-corrected chi connectivity index (χ4v) is 0.344. The molecule has 6 heteroatoms.